The molecule has 0 spiro atoms. The Morgan fingerprint density at radius 2 is 2.32 bits per heavy atom. The molecule has 1 aromatic carbocycles. The van der Waals surface area contributed by atoms with Crippen molar-refractivity contribution in [1.29, 1.82) is 0 Å². The first-order valence-corrected chi connectivity index (χ1v) is 6.35. The lowest BCUT2D eigenvalue weighted by atomic mass is 10.2. The summed E-state index contributed by atoms with van der Waals surface area (Å²) < 4.78 is 5.11. The first kappa shape index (κ1) is 13.4. The summed E-state index contributed by atoms with van der Waals surface area (Å²) in [5.41, 5.74) is 0.683. The van der Waals surface area contributed by atoms with Crippen LogP contribution in [0.3, 0.4) is 0 Å². The molecule has 1 heterocycles. The third kappa shape index (κ3) is 3.24. The molecular formula is C14H19N3O2. The van der Waals surface area contributed by atoms with Crippen LogP contribution in [0.15, 0.2) is 29.3 Å². The van der Waals surface area contributed by atoms with Crippen molar-refractivity contribution in [3.63, 3.8) is 0 Å². The molecule has 2 rings (SSSR count). The lowest BCUT2D eigenvalue weighted by Gasteiger charge is -2.17. The summed E-state index contributed by atoms with van der Waals surface area (Å²) in [5.74, 6) is 1.55. The number of hydrogen-bond acceptors (Lipinski definition) is 2. The summed E-state index contributed by atoms with van der Waals surface area (Å²) in [4.78, 5) is 18.0. The summed E-state index contributed by atoms with van der Waals surface area (Å²) in [6, 6.07) is 7.33. The van der Waals surface area contributed by atoms with Crippen molar-refractivity contribution in [3.8, 4) is 5.75 Å². The number of hydrogen-bond donors (Lipinski definition) is 1. The fourth-order valence-electron chi connectivity index (χ4n) is 2.07. The second-order valence-corrected chi connectivity index (χ2v) is 4.69. The third-order valence-corrected chi connectivity index (χ3v) is 3.41. The average Bonchev–Trinajstić information content (AvgIpc) is 2.71. The monoisotopic (exact) mass is 261 g/mol. The van der Waals surface area contributed by atoms with Gasteiger partial charge in [-0.25, -0.2) is 4.79 Å². The zero-order valence-electron chi connectivity index (χ0n) is 11.5. The molecule has 1 atom stereocenters. The molecule has 5 heteroatoms. The number of rotatable bonds is 2. The van der Waals surface area contributed by atoms with Gasteiger partial charge >= 0.3 is 6.03 Å². The minimum absolute atomic E-state index is 0.343. The predicted molar refractivity (Wildman–Crippen MR) is 75.9 cm³/mol. The fourth-order valence-corrected chi connectivity index (χ4v) is 2.07. The number of nitrogens with zero attached hydrogens (tertiary/aromatic N) is 2. The van der Waals surface area contributed by atoms with Gasteiger partial charge in [0.05, 0.1) is 7.11 Å². The van der Waals surface area contributed by atoms with E-state index in [-0.39, 0.29) is 6.03 Å². The highest BCUT2D eigenvalue weighted by atomic mass is 16.5. The largest absolute Gasteiger partial charge is 0.497 e. The maximum atomic E-state index is 11.9. The molecule has 102 valence electrons. The number of benzene rings is 1. The van der Waals surface area contributed by atoms with E-state index in [2.05, 4.69) is 17.2 Å². The number of carbonyl (C=O) groups is 1. The van der Waals surface area contributed by atoms with E-state index in [1.807, 2.05) is 30.1 Å². The molecule has 1 unspecified atom stereocenters. The molecule has 0 aliphatic carbocycles. The van der Waals surface area contributed by atoms with Crippen LogP contribution >= 0.6 is 0 Å². The molecule has 5 nitrogen and oxygen atoms in total. The van der Waals surface area contributed by atoms with Crippen LogP contribution in [0.25, 0.3) is 0 Å². The molecule has 1 aliphatic rings. The number of likely N-dealkylation sites (tertiary alicyclic amines) is 1. The van der Waals surface area contributed by atoms with Crippen LogP contribution in [0.2, 0.25) is 0 Å². The number of methoxy groups -OCH3 is 1. The van der Waals surface area contributed by atoms with Crippen molar-refractivity contribution in [2.45, 2.75) is 25.8 Å². The van der Waals surface area contributed by atoms with Gasteiger partial charge in [-0.2, -0.15) is 4.99 Å². The predicted octanol–water partition coefficient (Wildman–Crippen LogP) is 2.74. The van der Waals surface area contributed by atoms with Crippen LogP contribution in [0.1, 0.15) is 19.8 Å². The quantitative estimate of drug-likeness (QED) is 0.890. The van der Waals surface area contributed by atoms with E-state index in [1.54, 1.807) is 13.2 Å². The zero-order valence-corrected chi connectivity index (χ0v) is 11.5. The third-order valence-electron chi connectivity index (χ3n) is 3.41. The van der Waals surface area contributed by atoms with Crippen molar-refractivity contribution in [2.24, 2.45) is 4.99 Å². The van der Waals surface area contributed by atoms with Gasteiger partial charge in [-0.1, -0.05) is 6.07 Å². The molecule has 0 aromatic heterocycles. The number of nitrogens with one attached hydrogen (secondary N) is 1. The number of anilines is 1. The second kappa shape index (κ2) is 5.73. The number of amidine groups is 1. The first-order chi connectivity index (χ1) is 9.10. The van der Waals surface area contributed by atoms with Gasteiger partial charge in [-0.3, -0.25) is 0 Å². The van der Waals surface area contributed by atoms with Crippen molar-refractivity contribution < 1.29 is 9.53 Å². The Labute approximate surface area is 113 Å². The number of ether oxygens (including phenoxy) is 1. The molecular weight excluding hydrogens is 242 g/mol. The molecule has 2 amide bonds. The summed E-state index contributed by atoms with van der Waals surface area (Å²) >= 11 is 0. The molecule has 0 saturated carbocycles. The average molecular weight is 261 g/mol. The van der Waals surface area contributed by atoms with Gasteiger partial charge < -0.3 is 15.0 Å². The summed E-state index contributed by atoms with van der Waals surface area (Å²) in [6.07, 6.45) is 1.89. The van der Waals surface area contributed by atoms with Crippen LogP contribution < -0.4 is 10.1 Å². The van der Waals surface area contributed by atoms with Gasteiger partial charge in [-0.05, 0) is 25.5 Å². The lowest BCUT2D eigenvalue weighted by molar-refractivity contribution is 0.259. The Morgan fingerprint density at radius 1 is 1.53 bits per heavy atom. The first-order valence-electron chi connectivity index (χ1n) is 6.35. The second-order valence-electron chi connectivity index (χ2n) is 4.69. The molecule has 0 radical (unpaired) electrons. The van der Waals surface area contributed by atoms with Crippen molar-refractivity contribution >= 4 is 17.6 Å². The molecule has 1 saturated heterocycles. The van der Waals surface area contributed by atoms with Gasteiger partial charge in [0.1, 0.15) is 11.6 Å². The maximum Gasteiger partial charge on any atom is 0.347 e. The molecule has 1 aliphatic heterocycles. The van der Waals surface area contributed by atoms with Crippen LogP contribution in [0.5, 0.6) is 5.75 Å². The number of urea groups is 1. The van der Waals surface area contributed by atoms with Gasteiger partial charge in [0.15, 0.2) is 0 Å². The van der Waals surface area contributed by atoms with Gasteiger partial charge in [0.2, 0.25) is 0 Å². The maximum absolute atomic E-state index is 11.9. The van der Waals surface area contributed by atoms with Gasteiger partial charge in [-0.15, -0.1) is 0 Å². The molecule has 1 fully saturated rings. The highest BCUT2D eigenvalue weighted by molar-refractivity contribution is 6.00. The molecule has 0 bridgehead atoms. The topological polar surface area (TPSA) is 53.9 Å². The normalized spacial score (nSPS) is 20.7. The Morgan fingerprint density at radius 3 is 2.95 bits per heavy atom. The van der Waals surface area contributed by atoms with Crippen LogP contribution in [-0.2, 0) is 0 Å². The zero-order chi connectivity index (χ0) is 13.8. The number of amides is 2. The van der Waals surface area contributed by atoms with E-state index in [4.69, 9.17) is 4.74 Å². The van der Waals surface area contributed by atoms with E-state index in [0.29, 0.717) is 17.5 Å². The van der Waals surface area contributed by atoms with Crippen LogP contribution in [0.4, 0.5) is 10.5 Å². The van der Waals surface area contributed by atoms with Gasteiger partial charge in [0.25, 0.3) is 0 Å². The molecule has 1 aromatic rings. The SMILES string of the molecule is COc1cccc(NC(=O)/N=C2\CCC(C)N2C)c1. The van der Waals surface area contributed by atoms with Crippen LogP contribution in [0, 0.1) is 0 Å². The minimum atomic E-state index is -0.343. The van der Waals surface area contributed by atoms with E-state index < -0.39 is 0 Å². The summed E-state index contributed by atoms with van der Waals surface area (Å²) in [6.45, 7) is 2.13. The highest BCUT2D eigenvalue weighted by Crippen LogP contribution is 2.19. The summed E-state index contributed by atoms with van der Waals surface area (Å²) in [7, 11) is 3.56. The minimum Gasteiger partial charge on any atom is -0.497 e. The van der Waals surface area contributed by atoms with E-state index in [1.165, 1.54) is 0 Å². The van der Waals surface area contributed by atoms with Crippen molar-refractivity contribution in [1.82, 2.24) is 4.90 Å². The Balaban J connectivity index is 2.03. The fraction of sp³-hybridized carbons (Fsp3) is 0.429. The lowest BCUT2D eigenvalue weighted by Crippen LogP contribution is -2.27. The van der Waals surface area contributed by atoms with Gasteiger partial charge in [0, 0.05) is 31.3 Å². The molecule has 1 N–H and O–H groups in total. The standard InChI is InChI=1S/C14H19N3O2/c1-10-7-8-13(17(10)2)16-14(18)15-11-5-4-6-12(9-11)19-3/h4-6,9-10H,7-8H2,1-3H3,(H,15,18)/b16-13+. The Hall–Kier alpha value is -2.04. The van der Waals surface area contributed by atoms with E-state index in [9.17, 15) is 4.79 Å². The molecule has 19 heavy (non-hydrogen) atoms. The Bertz CT molecular complexity index is 499. The smallest absolute Gasteiger partial charge is 0.347 e. The summed E-state index contributed by atoms with van der Waals surface area (Å²) in [5, 5.41) is 2.75. The van der Waals surface area contributed by atoms with E-state index in [0.717, 1.165) is 18.7 Å². The van der Waals surface area contributed by atoms with E-state index >= 15 is 0 Å². The van der Waals surface area contributed by atoms with Crippen molar-refractivity contribution in [3.05, 3.63) is 24.3 Å². The number of aliphatic imine (C=N–C) groups is 1. The Kier molecular flexibility index (Phi) is 4.04. The highest BCUT2D eigenvalue weighted by Gasteiger charge is 2.22. The van der Waals surface area contributed by atoms with Crippen molar-refractivity contribution in [2.75, 3.05) is 19.5 Å². The number of carbonyl (C=O) groups excluding carboxylic acids is 1. The van der Waals surface area contributed by atoms with Crippen LogP contribution in [-0.4, -0.2) is 37.0 Å².